The Hall–Kier alpha value is -1.03. The molecular weight excluding hydrogens is 266 g/mol. The van der Waals surface area contributed by atoms with E-state index in [0.717, 1.165) is 29.4 Å². The molecule has 96 valence electrons. The molecule has 1 heterocycles. The number of quaternary nitrogens is 1. The van der Waals surface area contributed by atoms with Gasteiger partial charge >= 0.3 is 0 Å². The smallest absolute Gasteiger partial charge is 0.128 e. The van der Waals surface area contributed by atoms with Crippen molar-refractivity contribution < 1.29 is 10.1 Å². The van der Waals surface area contributed by atoms with Crippen LogP contribution >= 0.6 is 22.9 Å². The van der Waals surface area contributed by atoms with Crippen molar-refractivity contribution in [3.8, 4) is 5.75 Å². The lowest BCUT2D eigenvalue weighted by Gasteiger charge is -2.09. The van der Waals surface area contributed by atoms with Crippen LogP contribution in [-0.2, 0) is 13.1 Å². The van der Waals surface area contributed by atoms with E-state index in [1.165, 1.54) is 4.88 Å². The van der Waals surface area contributed by atoms with Crippen LogP contribution in [0.3, 0.4) is 0 Å². The van der Waals surface area contributed by atoms with Crippen molar-refractivity contribution in [1.29, 1.82) is 0 Å². The number of thiophene rings is 1. The molecule has 0 aliphatic heterocycles. The second-order valence-electron chi connectivity index (χ2n) is 3.96. The Morgan fingerprint density at radius 2 is 2.17 bits per heavy atom. The van der Waals surface area contributed by atoms with Crippen molar-refractivity contribution in [3.05, 3.63) is 51.2 Å². The molecule has 0 saturated heterocycles. The molecule has 0 spiro atoms. The molecule has 2 rings (SSSR count). The molecule has 1 aromatic heterocycles. The van der Waals surface area contributed by atoms with Gasteiger partial charge in [0.15, 0.2) is 0 Å². The summed E-state index contributed by atoms with van der Waals surface area (Å²) >= 11 is 7.82. The SMILES string of the molecule is CCOc1ccc(Cl)cc1C[NH2+]Cc1cccs1. The summed E-state index contributed by atoms with van der Waals surface area (Å²) in [4.78, 5) is 1.38. The molecule has 0 bridgehead atoms. The summed E-state index contributed by atoms with van der Waals surface area (Å²) in [7, 11) is 0. The van der Waals surface area contributed by atoms with Crippen LogP contribution in [0.2, 0.25) is 5.02 Å². The molecule has 0 unspecified atom stereocenters. The van der Waals surface area contributed by atoms with E-state index in [1.807, 2.05) is 25.1 Å². The summed E-state index contributed by atoms with van der Waals surface area (Å²) in [6, 6.07) is 10.0. The van der Waals surface area contributed by atoms with Gasteiger partial charge in [0.1, 0.15) is 18.8 Å². The van der Waals surface area contributed by atoms with Gasteiger partial charge in [-0.3, -0.25) is 0 Å². The monoisotopic (exact) mass is 282 g/mol. The van der Waals surface area contributed by atoms with Gasteiger partial charge in [-0.25, -0.2) is 0 Å². The van der Waals surface area contributed by atoms with Crippen LogP contribution in [0.4, 0.5) is 0 Å². The fourth-order valence-electron chi connectivity index (χ4n) is 1.80. The van der Waals surface area contributed by atoms with E-state index in [9.17, 15) is 0 Å². The van der Waals surface area contributed by atoms with Gasteiger partial charge in [-0.15, -0.1) is 11.3 Å². The molecule has 2 nitrogen and oxygen atoms in total. The highest BCUT2D eigenvalue weighted by Crippen LogP contribution is 2.22. The number of hydrogen-bond acceptors (Lipinski definition) is 2. The van der Waals surface area contributed by atoms with Crippen LogP contribution in [-0.4, -0.2) is 6.61 Å². The summed E-state index contributed by atoms with van der Waals surface area (Å²) < 4.78 is 5.60. The predicted molar refractivity (Wildman–Crippen MR) is 76.3 cm³/mol. The summed E-state index contributed by atoms with van der Waals surface area (Å²) in [5.74, 6) is 0.935. The largest absolute Gasteiger partial charge is 0.493 e. The van der Waals surface area contributed by atoms with Crippen LogP contribution < -0.4 is 10.1 Å². The Kier molecular flexibility index (Phi) is 5.05. The maximum atomic E-state index is 6.03. The first-order valence-corrected chi connectivity index (χ1v) is 7.30. The lowest BCUT2D eigenvalue weighted by atomic mass is 10.2. The maximum absolute atomic E-state index is 6.03. The maximum Gasteiger partial charge on any atom is 0.128 e. The van der Waals surface area contributed by atoms with E-state index >= 15 is 0 Å². The zero-order valence-corrected chi connectivity index (χ0v) is 11.9. The second-order valence-corrected chi connectivity index (χ2v) is 5.43. The van der Waals surface area contributed by atoms with Crippen LogP contribution in [0.25, 0.3) is 0 Å². The average molecular weight is 283 g/mol. The Morgan fingerprint density at radius 3 is 2.89 bits per heavy atom. The third-order valence-corrected chi connectivity index (χ3v) is 3.75. The zero-order chi connectivity index (χ0) is 12.8. The van der Waals surface area contributed by atoms with Gasteiger partial charge in [0, 0.05) is 10.6 Å². The van der Waals surface area contributed by atoms with E-state index < -0.39 is 0 Å². The quantitative estimate of drug-likeness (QED) is 0.866. The number of halogens is 1. The lowest BCUT2D eigenvalue weighted by Crippen LogP contribution is -2.80. The molecule has 0 aliphatic rings. The fourth-order valence-corrected chi connectivity index (χ4v) is 2.70. The van der Waals surface area contributed by atoms with Gasteiger partial charge in [0.05, 0.1) is 11.5 Å². The Bertz CT molecular complexity index is 485. The molecule has 2 aromatic rings. The normalized spacial score (nSPS) is 10.6. The van der Waals surface area contributed by atoms with Gasteiger partial charge < -0.3 is 10.1 Å². The lowest BCUT2D eigenvalue weighted by molar-refractivity contribution is -0.685. The number of hydrogen-bond donors (Lipinski definition) is 1. The Labute approximate surface area is 117 Å². The van der Waals surface area contributed by atoms with E-state index in [1.54, 1.807) is 11.3 Å². The summed E-state index contributed by atoms with van der Waals surface area (Å²) in [5.41, 5.74) is 1.15. The summed E-state index contributed by atoms with van der Waals surface area (Å²) in [6.07, 6.45) is 0. The highest BCUT2D eigenvalue weighted by molar-refractivity contribution is 7.09. The predicted octanol–water partition coefficient (Wildman–Crippen LogP) is 3.06. The van der Waals surface area contributed by atoms with Crippen LogP contribution in [0, 0.1) is 0 Å². The third kappa shape index (κ3) is 3.73. The van der Waals surface area contributed by atoms with Gasteiger partial charge in [-0.1, -0.05) is 17.7 Å². The molecular formula is C14H17ClNOS+. The second kappa shape index (κ2) is 6.78. The molecule has 2 N–H and O–H groups in total. The van der Waals surface area contributed by atoms with Gasteiger partial charge in [0.25, 0.3) is 0 Å². The minimum Gasteiger partial charge on any atom is -0.493 e. The number of rotatable bonds is 6. The number of ether oxygens (including phenoxy) is 1. The van der Waals surface area contributed by atoms with Crippen molar-refractivity contribution >= 4 is 22.9 Å². The van der Waals surface area contributed by atoms with E-state index in [2.05, 4.69) is 22.8 Å². The van der Waals surface area contributed by atoms with Gasteiger partial charge in [-0.2, -0.15) is 0 Å². The van der Waals surface area contributed by atoms with Gasteiger partial charge in [0.2, 0.25) is 0 Å². The zero-order valence-electron chi connectivity index (χ0n) is 10.4. The highest BCUT2D eigenvalue weighted by atomic mass is 35.5. The third-order valence-electron chi connectivity index (χ3n) is 2.61. The van der Waals surface area contributed by atoms with Crippen molar-refractivity contribution in [2.45, 2.75) is 20.0 Å². The van der Waals surface area contributed by atoms with Crippen molar-refractivity contribution in [3.63, 3.8) is 0 Å². The average Bonchev–Trinajstić information content (AvgIpc) is 2.86. The molecule has 18 heavy (non-hydrogen) atoms. The van der Waals surface area contributed by atoms with E-state index in [4.69, 9.17) is 16.3 Å². The minimum atomic E-state index is 0.680. The van der Waals surface area contributed by atoms with E-state index in [-0.39, 0.29) is 0 Å². The van der Waals surface area contributed by atoms with Crippen LogP contribution in [0.15, 0.2) is 35.7 Å². The highest BCUT2D eigenvalue weighted by Gasteiger charge is 2.06. The van der Waals surface area contributed by atoms with Crippen molar-refractivity contribution in [2.75, 3.05) is 6.61 Å². The molecule has 0 amide bonds. The van der Waals surface area contributed by atoms with Crippen molar-refractivity contribution in [2.24, 2.45) is 0 Å². The number of nitrogens with two attached hydrogens (primary N) is 1. The first-order valence-electron chi connectivity index (χ1n) is 6.05. The molecule has 1 aromatic carbocycles. The summed E-state index contributed by atoms with van der Waals surface area (Å²) in [5, 5.41) is 5.13. The first kappa shape index (κ1) is 13.4. The molecule has 0 saturated carbocycles. The summed E-state index contributed by atoms with van der Waals surface area (Å²) in [6.45, 7) is 4.55. The molecule has 0 radical (unpaired) electrons. The Balaban J connectivity index is 1.96. The standard InChI is InChI=1S/C14H16ClNOS/c1-2-17-14-6-5-12(15)8-11(14)9-16-10-13-4-3-7-18-13/h3-8,16H,2,9-10H2,1H3/p+1. The molecule has 4 heteroatoms. The van der Waals surface area contributed by atoms with Crippen LogP contribution in [0.5, 0.6) is 5.75 Å². The minimum absolute atomic E-state index is 0.680. The first-order chi connectivity index (χ1) is 8.79. The molecule has 0 fully saturated rings. The van der Waals surface area contributed by atoms with E-state index in [0.29, 0.717) is 6.61 Å². The van der Waals surface area contributed by atoms with Gasteiger partial charge in [-0.05, 0) is 36.6 Å². The Morgan fingerprint density at radius 1 is 1.28 bits per heavy atom. The fraction of sp³-hybridized carbons (Fsp3) is 0.286. The number of benzene rings is 1. The molecule has 0 atom stereocenters. The topological polar surface area (TPSA) is 25.8 Å². The molecule has 0 aliphatic carbocycles. The van der Waals surface area contributed by atoms with Crippen molar-refractivity contribution in [1.82, 2.24) is 0 Å². The van der Waals surface area contributed by atoms with Crippen LogP contribution in [0.1, 0.15) is 17.4 Å².